The number of nitrogens with one attached hydrogen (secondary N) is 3. The number of carbonyl (C=O) groups is 3. The van der Waals surface area contributed by atoms with Crippen molar-refractivity contribution in [1.82, 2.24) is 10.6 Å². The molecule has 0 spiro atoms. The number of carbonyl (C=O) groups excluding carboxylic acids is 3. The van der Waals surface area contributed by atoms with Crippen LogP contribution in [0.3, 0.4) is 0 Å². The van der Waals surface area contributed by atoms with Gasteiger partial charge in [0, 0.05) is 41.8 Å². The molecule has 5 rings (SSSR count). The van der Waals surface area contributed by atoms with Gasteiger partial charge in [0.2, 0.25) is 5.91 Å². The molecule has 0 bridgehead atoms. The lowest BCUT2D eigenvalue weighted by Gasteiger charge is -2.36. The molecule has 49 heavy (non-hydrogen) atoms. The third kappa shape index (κ3) is 10.4. The number of ether oxygens (including phenoxy) is 3. The molecular weight excluding hydrogens is 642 g/mol. The Morgan fingerprint density at radius 2 is 1.59 bits per heavy atom. The van der Waals surface area contributed by atoms with Crippen LogP contribution >= 0.6 is 11.8 Å². The number of aliphatic hydroxyl groups excluding tert-OH is 1. The van der Waals surface area contributed by atoms with Crippen LogP contribution in [0.4, 0.5) is 10.5 Å². The standard InChI is InChI=1S/C38H41N3O7S/c1-3-46-36(44)22-40-38(45)39-21-30-6-4-5-7-34(30)27-12-14-29(15-13-27)37-47-32(20-35(48-37)28-10-8-26(23-42)9-11-28)24-49-33-18-16-31(17-19-33)41-25(2)43/h4-19,32,35,37,42H,3,20-24H2,1-2H3,(H,41,43)(H2,39,40,45). The van der Waals surface area contributed by atoms with Crippen LogP contribution in [0.1, 0.15) is 54.9 Å². The molecule has 4 aromatic rings. The fourth-order valence-electron chi connectivity index (χ4n) is 5.43. The molecule has 1 aliphatic heterocycles. The lowest BCUT2D eigenvalue weighted by Crippen LogP contribution is -2.38. The number of thioether (sulfide) groups is 1. The molecule has 1 saturated heterocycles. The highest BCUT2D eigenvalue weighted by Crippen LogP contribution is 2.40. The molecule has 256 valence electrons. The van der Waals surface area contributed by atoms with Crippen molar-refractivity contribution in [2.24, 2.45) is 0 Å². The van der Waals surface area contributed by atoms with E-state index in [0.29, 0.717) is 12.2 Å². The van der Waals surface area contributed by atoms with Crippen molar-refractivity contribution in [2.45, 2.75) is 56.8 Å². The van der Waals surface area contributed by atoms with Gasteiger partial charge in [0.05, 0.1) is 25.4 Å². The van der Waals surface area contributed by atoms with Gasteiger partial charge in [0.25, 0.3) is 0 Å². The molecule has 1 fully saturated rings. The number of esters is 1. The Labute approximate surface area is 290 Å². The highest BCUT2D eigenvalue weighted by molar-refractivity contribution is 7.99. The minimum Gasteiger partial charge on any atom is -0.465 e. The zero-order valence-electron chi connectivity index (χ0n) is 27.5. The monoisotopic (exact) mass is 683 g/mol. The second-order valence-electron chi connectivity index (χ2n) is 11.5. The second-order valence-corrected chi connectivity index (χ2v) is 12.6. The van der Waals surface area contributed by atoms with Crippen molar-refractivity contribution < 1.29 is 33.7 Å². The van der Waals surface area contributed by atoms with E-state index in [0.717, 1.165) is 44.0 Å². The smallest absolute Gasteiger partial charge is 0.325 e. The van der Waals surface area contributed by atoms with Crippen molar-refractivity contribution in [1.29, 1.82) is 0 Å². The van der Waals surface area contributed by atoms with Crippen LogP contribution < -0.4 is 16.0 Å². The minimum absolute atomic E-state index is 0.0221. The Hall–Kier alpha value is -4.68. The molecule has 0 radical (unpaired) electrons. The van der Waals surface area contributed by atoms with Gasteiger partial charge in [0.1, 0.15) is 6.54 Å². The van der Waals surface area contributed by atoms with E-state index in [1.165, 1.54) is 6.92 Å². The first-order valence-corrected chi connectivity index (χ1v) is 17.2. The van der Waals surface area contributed by atoms with Crippen molar-refractivity contribution >= 4 is 35.4 Å². The quantitative estimate of drug-likeness (QED) is 0.0927. The lowest BCUT2D eigenvalue weighted by molar-refractivity contribution is -0.245. The molecule has 4 N–H and O–H groups in total. The summed E-state index contributed by atoms with van der Waals surface area (Å²) in [6.07, 6.45) is -0.251. The molecule has 1 heterocycles. The maximum absolute atomic E-state index is 12.3. The van der Waals surface area contributed by atoms with E-state index >= 15 is 0 Å². The van der Waals surface area contributed by atoms with E-state index in [9.17, 15) is 19.5 Å². The van der Waals surface area contributed by atoms with E-state index in [4.69, 9.17) is 14.2 Å². The molecular formula is C38H41N3O7S. The van der Waals surface area contributed by atoms with Gasteiger partial charge in [-0.3, -0.25) is 9.59 Å². The first-order chi connectivity index (χ1) is 23.8. The van der Waals surface area contributed by atoms with Gasteiger partial charge in [0.15, 0.2) is 6.29 Å². The Balaban J connectivity index is 1.28. The summed E-state index contributed by atoms with van der Waals surface area (Å²) in [4.78, 5) is 36.3. The maximum Gasteiger partial charge on any atom is 0.325 e. The molecule has 0 saturated carbocycles. The van der Waals surface area contributed by atoms with Crippen LogP contribution in [0.25, 0.3) is 11.1 Å². The Kier molecular flexibility index (Phi) is 12.8. The van der Waals surface area contributed by atoms with Crippen LogP contribution in [-0.2, 0) is 37.0 Å². The zero-order chi connectivity index (χ0) is 34.6. The minimum atomic E-state index is -0.599. The number of hydrogen-bond donors (Lipinski definition) is 4. The van der Waals surface area contributed by atoms with Crippen LogP contribution in [0.15, 0.2) is 102 Å². The number of urea groups is 1. The third-order valence-electron chi connectivity index (χ3n) is 7.87. The van der Waals surface area contributed by atoms with Gasteiger partial charge in [-0.25, -0.2) is 4.79 Å². The van der Waals surface area contributed by atoms with Gasteiger partial charge >= 0.3 is 12.0 Å². The summed E-state index contributed by atoms with van der Waals surface area (Å²) in [5.41, 5.74) is 6.34. The fraction of sp³-hybridized carbons (Fsp3) is 0.289. The molecule has 11 heteroatoms. The molecule has 10 nitrogen and oxygen atoms in total. The molecule has 0 aromatic heterocycles. The Morgan fingerprint density at radius 1 is 0.878 bits per heavy atom. The first kappa shape index (κ1) is 35.6. The summed E-state index contributed by atoms with van der Waals surface area (Å²) >= 11 is 1.69. The van der Waals surface area contributed by atoms with Gasteiger partial charge in [-0.2, -0.15) is 0 Å². The van der Waals surface area contributed by atoms with Gasteiger partial charge in [-0.1, -0.05) is 72.8 Å². The number of benzene rings is 4. The normalized spacial score (nSPS) is 17.2. The van der Waals surface area contributed by atoms with Gasteiger partial charge in [-0.15, -0.1) is 11.8 Å². The average molecular weight is 684 g/mol. The van der Waals surface area contributed by atoms with Crippen molar-refractivity contribution in [3.05, 3.63) is 119 Å². The van der Waals surface area contributed by atoms with Gasteiger partial charge in [-0.05, 0) is 59.0 Å². The molecule has 3 atom stereocenters. The molecule has 1 aliphatic rings. The highest BCUT2D eigenvalue weighted by Gasteiger charge is 2.32. The third-order valence-corrected chi connectivity index (χ3v) is 9.02. The van der Waals surface area contributed by atoms with E-state index in [2.05, 4.69) is 16.0 Å². The van der Waals surface area contributed by atoms with Crippen LogP contribution in [0, 0.1) is 0 Å². The lowest BCUT2D eigenvalue weighted by atomic mass is 9.98. The topological polar surface area (TPSA) is 135 Å². The summed E-state index contributed by atoms with van der Waals surface area (Å²) in [7, 11) is 0. The van der Waals surface area contributed by atoms with Crippen LogP contribution in [0.2, 0.25) is 0 Å². The molecule has 3 unspecified atom stereocenters. The van der Waals surface area contributed by atoms with E-state index < -0.39 is 18.3 Å². The summed E-state index contributed by atoms with van der Waals surface area (Å²) < 4.78 is 17.9. The van der Waals surface area contributed by atoms with Crippen molar-refractivity contribution in [2.75, 3.05) is 24.2 Å². The van der Waals surface area contributed by atoms with E-state index in [1.807, 2.05) is 97.1 Å². The molecule has 0 aliphatic carbocycles. The maximum atomic E-state index is 12.3. The number of hydrogen-bond acceptors (Lipinski definition) is 8. The fourth-order valence-corrected chi connectivity index (χ4v) is 6.35. The zero-order valence-corrected chi connectivity index (χ0v) is 28.3. The summed E-state index contributed by atoms with van der Waals surface area (Å²) in [6.45, 7) is 3.50. The van der Waals surface area contributed by atoms with Gasteiger partial charge < -0.3 is 35.3 Å². The highest BCUT2D eigenvalue weighted by atomic mass is 32.2. The van der Waals surface area contributed by atoms with E-state index in [-0.39, 0.29) is 44.4 Å². The summed E-state index contributed by atoms with van der Waals surface area (Å²) in [6, 6.07) is 30.9. The number of anilines is 1. The van der Waals surface area contributed by atoms with Crippen LogP contribution in [-0.4, -0.2) is 48.0 Å². The predicted molar refractivity (Wildman–Crippen MR) is 189 cm³/mol. The average Bonchev–Trinajstić information content (AvgIpc) is 3.13. The Morgan fingerprint density at radius 3 is 2.29 bits per heavy atom. The van der Waals surface area contributed by atoms with Crippen LogP contribution in [0.5, 0.6) is 0 Å². The predicted octanol–water partition coefficient (Wildman–Crippen LogP) is 6.50. The molecule has 3 amide bonds. The van der Waals surface area contributed by atoms with Crippen molar-refractivity contribution in [3.8, 4) is 11.1 Å². The van der Waals surface area contributed by atoms with Crippen molar-refractivity contribution in [3.63, 3.8) is 0 Å². The van der Waals surface area contributed by atoms with E-state index in [1.54, 1.807) is 18.7 Å². The largest absolute Gasteiger partial charge is 0.465 e. The summed E-state index contributed by atoms with van der Waals surface area (Å²) in [5, 5.41) is 17.6. The SMILES string of the molecule is CCOC(=O)CNC(=O)NCc1ccccc1-c1ccc(C2OC(CSc3ccc(NC(C)=O)cc3)CC(c3ccc(CO)cc3)O2)cc1. The second kappa shape index (κ2) is 17.6. The Bertz CT molecular complexity index is 1700. The number of amides is 3. The molecule has 4 aromatic carbocycles. The number of rotatable bonds is 13. The first-order valence-electron chi connectivity index (χ1n) is 16.2. The summed E-state index contributed by atoms with van der Waals surface area (Å²) in [5.74, 6) is 0.105. The number of aliphatic hydroxyl groups is 1.